The Kier molecular flexibility index (Phi) is 5.19. The van der Waals surface area contributed by atoms with Crippen LogP contribution >= 0.6 is 0 Å². The second kappa shape index (κ2) is 7.11. The van der Waals surface area contributed by atoms with Gasteiger partial charge in [-0.1, -0.05) is 41.5 Å². The molecule has 0 aliphatic carbocycles. The van der Waals surface area contributed by atoms with E-state index >= 15 is 0 Å². The molecule has 0 saturated heterocycles. The first-order valence-electron chi connectivity index (χ1n) is 6.98. The molecule has 0 saturated carbocycles. The van der Waals surface area contributed by atoms with Gasteiger partial charge >= 0.3 is 0 Å². The highest BCUT2D eigenvalue weighted by molar-refractivity contribution is 5.29. The Morgan fingerprint density at radius 2 is 1.50 bits per heavy atom. The standard InChI is InChI=1S/C18H22O2/c1-14-5-8-18(9-6-14)20-11-10-19-13-17-7-4-15(2)12-16(17)3/h4-9,12H,10-11,13H2,1-3H3. The van der Waals surface area contributed by atoms with E-state index in [0.717, 1.165) is 5.75 Å². The molecular formula is C18H22O2. The number of aryl methyl sites for hydroxylation is 3. The highest BCUT2D eigenvalue weighted by atomic mass is 16.5. The van der Waals surface area contributed by atoms with Gasteiger partial charge in [-0.3, -0.25) is 0 Å². The third-order valence-electron chi connectivity index (χ3n) is 3.27. The zero-order chi connectivity index (χ0) is 14.4. The molecule has 0 spiro atoms. The van der Waals surface area contributed by atoms with Crippen molar-refractivity contribution in [1.82, 2.24) is 0 Å². The molecule has 0 heterocycles. The van der Waals surface area contributed by atoms with Crippen molar-refractivity contribution in [2.75, 3.05) is 13.2 Å². The van der Waals surface area contributed by atoms with Crippen molar-refractivity contribution < 1.29 is 9.47 Å². The van der Waals surface area contributed by atoms with Crippen LogP contribution in [0.15, 0.2) is 42.5 Å². The van der Waals surface area contributed by atoms with Crippen LogP contribution in [0.1, 0.15) is 22.3 Å². The van der Waals surface area contributed by atoms with Crippen LogP contribution in [-0.2, 0) is 11.3 Å². The van der Waals surface area contributed by atoms with Gasteiger partial charge in [-0.15, -0.1) is 0 Å². The van der Waals surface area contributed by atoms with Gasteiger partial charge < -0.3 is 9.47 Å². The molecule has 0 fully saturated rings. The van der Waals surface area contributed by atoms with E-state index in [1.807, 2.05) is 24.3 Å². The van der Waals surface area contributed by atoms with Crippen LogP contribution < -0.4 is 4.74 Å². The molecule has 0 aliphatic rings. The van der Waals surface area contributed by atoms with Crippen molar-refractivity contribution in [2.24, 2.45) is 0 Å². The Labute approximate surface area is 121 Å². The zero-order valence-corrected chi connectivity index (χ0v) is 12.5. The summed E-state index contributed by atoms with van der Waals surface area (Å²) in [4.78, 5) is 0. The van der Waals surface area contributed by atoms with E-state index in [0.29, 0.717) is 19.8 Å². The first kappa shape index (κ1) is 14.6. The fourth-order valence-corrected chi connectivity index (χ4v) is 2.04. The van der Waals surface area contributed by atoms with Crippen LogP contribution in [0, 0.1) is 20.8 Å². The van der Waals surface area contributed by atoms with Gasteiger partial charge in [0.15, 0.2) is 0 Å². The number of ether oxygens (including phenoxy) is 2. The van der Waals surface area contributed by atoms with E-state index in [1.54, 1.807) is 0 Å². The summed E-state index contributed by atoms with van der Waals surface area (Å²) in [6.07, 6.45) is 0. The monoisotopic (exact) mass is 270 g/mol. The average Bonchev–Trinajstić information content (AvgIpc) is 2.42. The summed E-state index contributed by atoms with van der Waals surface area (Å²) in [5, 5.41) is 0. The smallest absolute Gasteiger partial charge is 0.119 e. The molecule has 0 bridgehead atoms. The van der Waals surface area contributed by atoms with Gasteiger partial charge in [0, 0.05) is 0 Å². The minimum absolute atomic E-state index is 0.577. The van der Waals surface area contributed by atoms with Gasteiger partial charge in [-0.25, -0.2) is 0 Å². The summed E-state index contributed by atoms with van der Waals surface area (Å²) in [6, 6.07) is 14.5. The summed E-state index contributed by atoms with van der Waals surface area (Å²) < 4.78 is 11.3. The summed E-state index contributed by atoms with van der Waals surface area (Å²) in [7, 11) is 0. The Morgan fingerprint density at radius 3 is 2.20 bits per heavy atom. The van der Waals surface area contributed by atoms with Crippen molar-refractivity contribution in [2.45, 2.75) is 27.4 Å². The molecule has 0 radical (unpaired) electrons. The maximum Gasteiger partial charge on any atom is 0.119 e. The summed E-state index contributed by atoms with van der Waals surface area (Å²) in [5.74, 6) is 0.894. The van der Waals surface area contributed by atoms with Gasteiger partial charge in [-0.05, 0) is 44.0 Å². The lowest BCUT2D eigenvalue weighted by molar-refractivity contribution is 0.0886. The second-order valence-corrected chi connectivity index (χ2v) is 5.14. The Hall–Kier alpha value is -1.80. The number of rotatable bonds is 6. The van der Waals surface area contributed by atoms with Crippen LogP contribution in [0.2, 0.25) is 0 Å². The molecule has 2 heteroatoms. The van der Waals surface area contributed by atoms with Crippen LogP contribution in [0.5, 0.6) is 5.75 Å². The molecule has 0 aliphatic heterocycles. The molecule has 2 aromatic rings. The van der Waals surface area contributed by atoms with E-state index in [2.05, 4.69) is 39.0 Å². The van der Waals surface area contributed by atoms with E-state index in [9.17, 15) is 0 Å². The third kappa shape index (κ3) is 4.39. The average molecular weight is 270 g/mol. The minimum atomic E-state index is 0.577. The van der Waals surface area contributed by atoms with Crippen molar-refractivity contribution >= 4 is 0 Å². The SMILES string of the molecule is Cc1ccc(OCCOCc2ccc(C)cc2C)cc1. The van der Waals surface area contributed by atoms with Crippen LogP contribution in [-0.4, -0.2) is 13.2 Å². The van der Waals surface area contributed by atoms with E-state index in [4.69, 9.17) is 9.47 Å². The number of benzene rings is 2. The Balaban J connectivity index is 1.70. The predicted molar refractivity (Wildman–Crippen MR) is 82.2 cm³/mol. The molecule has 2 nitrogen and oxygen atoms in total. The molecule has 106 valence electrons. The quantitative estimate of drug-likeness (QED) is 0.732. The summed E-state index contributed by atoms with van der Waals surface area (Å²) >= 11 is 0. The third-order valence-corrected chi connectivity index (χ3v) is 3.27. The van der Waals surface area contributed by atoms with Gasteiger partial charge in [0.05, 0.1) is 13.2 Å². The molecule has 0 unspecified atom stereocenters. The van der Waals surface area contributed by atoms with Crippen LogP contribution in [0.4, 0.5) is 0 Å². The largest absolute Gasteiger partial charge is 0.491 e. The molecule has 0 N–H and O–H groups in total. The molecule has 20 heavy (non-hydrogen) atoms. The fraction of sp³-hybridized carbons (Fsp3) is 0.333. The maximum atomic E-state index is 5.66. The molecule has 2 aromatic carbocycles. The van der Waals surface area contributed by atoms with Crippen molar-refractivity contribution in [3.63, 3.8) is 0 Å². The van der Waals surface area contributed by atoms with Crippen molar-refractivity contribution in [3.8, 4) is 5.75 Å². The first-order valence-corrected chi connectivity index (χ1v) is 6.98. The Morgan fingerprint density at radius 1 is 0.800 bits per heavy atom. The Bertz CT molecular complexity index is 544. The van der Waals surface area contributed by atoms with Crippen LogP contribution in [0.25, 0.3) is 0 Å². The maximum absolute atomic E-state index is 5.66. The van der Waals surface area contributed by atoms with Gasteiger partial charge in [0.25, 0.3) is 0 Å². The lowest BCUT2D eigenvalue weighted by atomic mass is 10.1. The van der Waals surface area contributed by atoms with Gasteiger partial charge in [-0.2, -0.15) is 0 Å². The normalized spacial score (nSPS) is 10.6. The predicted octanol–water partition coefficient (Wildman–Crippen LogP) is 4.21. The van der Waals surface area contributed by atoms with Gasteiger partial charge in [0.1, 0.15) is 12.4 Å². The molecule has 0 amide bonds. The van der Waals surface area contributed by atoms with Gasteiger partial charge in [0.2, 0.25) is 0 Å². The molecule has 2 rings (SSSR count). The number of hydrogen-bond acceptors (Lipinski definition) is 2. The number of hydrogen-bond donors (Lipinski definition) is 0. The first-order chi connectivity index (χ1) is 9.65. The highest BCUT2D eigenvalue weighted by Crippen LogP contribution is 2.13. The van der Waals surface area contributed by atoms with E-state index < -0.39 is 0 Å². The summed E-state index contributed by atoms with van der Waals surface area (Å²) in [6.45, 7) is 8.11. The zero-order valence-electron chi connectivity index (χ0n) is 12.5. The molecule has 0 atom stereocenters. The van der Waals surface area contributed by atoms with Crippen molar-refractivity contribution in [3.05, 3.63) is 64.7 Å². The van der Waals surface area contributed by atoms with Crippen LogP contribution in [0.3, 0.4) is 0 Å². The fourth-order valence-electron chi connectivity index (χ4n) is 2.04. The van der Waals surface area contributed by atoms with E-state index in [1.165, 1.54) is 22.3 Å². The topological polar surface area (TPSA) is 18.5 Å². The second-order valence-electron chi connectivity index (χ2n) is 5.14. The highest BCUT2D eigenvalue weighted by Gasteiger charge is 1.99. The van der Waals surface area contributed by atoms with Crippen molar-refractivity contribution in [1.29, 1.82) is 0 Å². The minimum Gasteiger partial charge on any atom is -0.491 e. The lowest BCUT2D eigenvalue weighted by Gasteiger charge is -2.09. The lowest BCUT2D eigenvalue weighted by Crippen LogP contribution is -2.07. The molecular weight excluding hydrogens is 248 g/mol. The van der Waals surface area contributed by atoms with E-state index in [-0.39, 0.29) is 0 Å². The summed E-state index contributed by atoms with van der Waals surface area (Å²) in [5.41, 5.74) is 5.05. The molecule has 0 aromatic heterocycles.